The topological polar surface area (TPSA) is 55.5 Å². The van der Waals surface area contributed by atoms with Crippen molar-refractivity contribution in [1.29, 1.82) is 0 Å². The van der Waals surface area contributed by atoms with Gasteiger partial charge in [0.05, 0.1) is 12.2 Å². The van der Waals surface area contributed by atoms with Crippen LogP contribution in [0.15, 0.2) is 24.3 Å². The van der Waals surface area contributed by atoms with Crippen LogP contribution in [0.1, 0.15) is 25.7 Å². The SMILES string of the molecule is Cl.NCC1(O)CCC(COc2ccc(F)cc2)CC1. The maximum absolute atomic E-state index is 12.7. The molecule has 5 heteroatoms. The number of ether oxygens (including phenoxy) is 1. The molecule has 1 aromatic carbocycles. The summed E-state index contributed by atoms with van der Waals surface area (Å²) in [4.78, 5) is 0. The molecule has 0 amide bonds. The Morgan fingerprint density at radius 3 is 2.37 bits per heavy atom. The van der Waals surface area contributed by atoms with Gasteiger partial charge in [0, 0.05) is 6.54 Å². The summed E-state index contributed by atoms with van der Waals surface area (Å²) in [5, 5.41) is 10.0. The minimum Gasteiger partial charge on any atom is -0.493 e. The van der Waals surface area contributed by atoms with Gasteiger partial charge in [-0.2, -0.15) is 0 Å². The van der Waals surface area contributed by atoms with Gasteiger partial charge in [-0.05, 0) is 55.9 Å². The molecule has 1 aromatic rings. The van der Waals surface area contributed by atoms with Crippen molar-refractivity contribution in [2.75, 3.05) is 13.2 Å². The number of benzene rings is 1. The number of nitrogens with two attached hydrogens (primary N) is 1. The summed E-state index contributed by atoms with van der Waals surface area (Å²) in [6.07, 6.45) is 3.33. The predicted molar refractivity (Wildman–Crippen MR) is 75.1 cm³/mol. The van der Waals surface area contributed by atoms with Crippen LogP contribution in [0.2, 0.25) is 0 Å². The predicted octanol–water partition coefficient (Wildman–Crippen LogP) is 2.51. The molecular formula is C14H21ClFNO2. The lowest BCUT2D eigenvalue weighted by molar-refractivity contribution is -0.00694. The fraction of sp³-hybridized carbons (Fsp3) is 0.571. The van der Waals surface area contributed by atoms with E-state index in [1.165, 1.54) is 12.1 Å². The van der Waals surface area contributed by atoms with E-state index in [0.717, 1.165) is 25.7 Å². The van der Waals surface area contributed by atoms with Crippen LogP contribution in [-0.2, 0) is 0 Å². The van der Waals surface area contributed by atoms with Crippen molar-refractivity contribution in [2.45, 2.75) is 31.3 Å². The van der Waals surface area contributed by atoms with Crippen molar-refractivity contribution < 1.29 is 14.2 Å². The van der Waals surface area contributed by atoms with Gasteiger partial charge in [0.25, 0.3) is 0 Å². The zero-order valence-electron chi connectivity index (χ0n) is 10.8. The molecule has 3 nitrogen and oxygen atoms in total. The second-order valence-electron chi connectivity index (χ2n) is 5.14. The molecule has 0 heterocycles. The van der Waals surface area contributed by atoms with Gasteiger partial charge in [0.2, 0.25) is 0 Å². The van der Waals surface area contributed by atoms with Crippen LogP contribution in [0.4, 0.5) is 4.39 Å². The van der Waals surface area contributed by atoms with Gasteiger partial charge in [-0.25, -0.2) is 4.39 Å². The highest BCUT2D eigenvalue weighted by Gasteiger charge is 2.31. The fourth-order valence-electron chi connectivity index (χ4n) is 2.33. The minimum atomic E-state index is -0.674. The molecule has 19 heavy (non-hydrogen) atoms. The van der Waals surface area contributed by atoms with E-state index in [9.17, 15) is 9.50 Å². The molecule has 3 N–H and O–H groups in total. The van der Waals surface area contributed by atoms with E-state index in [1.807, 2.05) is 0 Å². The maximum atomic E-state index is 12.7. The second kappa shape index (κ2) is 7.08. The summed E-state index contributed by atoms with van der Waals surface area (Å²) in [5.41, 5.74) is 4.87. The molecule has 0 spiro atoms. The second-order valence-corrected chi connectivity index (χ2v) is 5.14. The number of hydrogen-bond donors (Lipinski definition) is 2. The Balaban J connectivity index is 0.00000180. The molecule has 1 saturated carbocycles. The lowest BCUT2D eigenvalue weighted by Gasteiger charge is -2.34. The third kappa shape index (κ3) is 4.64. The normalized spacial score (nSPS) is 26.6. The highest BCUT2D eigenvalue weighted by atomic mass is 35.5. The van der Waals surface area contributed by atoms with Crippen LogP contribution in [0.3, 0.4) is 0 Å². The number of halogens is 2. The van der Waals surface area contributed by atoms with Crippen LogP contribution < -0.4 is 10.5 Å². The van der Waals surface area contributed by atoms with Gasteiger partial charge in [-0.3, -0.25) is 0 Å². The summed E-state index contributed by atoms with van der Waals surface area (Å²) >= 11 is 0. The van der Waals surface area contributed by atoms with Gasteiger partial charge in [0.1, 0.15) is 11.6 Å². The Hall–Kier alpha value is -0.840. The monoisotopic (exact) mass is 289 g/mol. The lowest BCUT2D eigenvalue weighted by atomic mass is 9.79. The Morgan fingerprint density at radius 1 is 1.26 bits per heavy atom. The molecule has 0 bridgehead atoms. The van der Waals surface area contributed by atoms with Crippen LogP contribution in [0.25, 0.3) is 0 Å². The van der Waals surface area contributed by atoms with Crippen LogP contribution in [-0.4, -0.2) is 23.9 Å². The van der Waals surface area contributed by atoms with E-state index >= 15 is 0 Å². The highest BCUT2D eigenvalue weighted by molar-refractivity contribution is 5.85. The first kappa shape index (κ1) is 16.2. The Morgan fingerprint density at radius 2 is 1.84 bits per heavy atom. The lowest BCUT2D eigenvalue weighted by Crippen LogP contribution is -2.41. The molecule has 0 aliphatic heterocycles. The quantitative estimate of drug-likeness (QED) is 0.895. The Bertz CT molecular complexity index is 378. The van der Waals surface area contributed by atoms with Crippen molar-refractivity contribution in [1.82, 2.24) is 0 Å². The van der Waals surface area contributed by atoms with Crippen molar-refractivity contribution in [3.63, 3.8) is 0 Å². The summed E-state index contributed by atoms with van der Waals surface area (Å²) in [5.74, 6) is 0.881. The average molecular weight is 290 g/mol. The molecule has 1 aliphatic carbocycles. The summed E-state index contributed by atoms with van der Waals surface area (Å²) in [6.45, 7) is 0.949. The molecule has 108 valence electrons. The van der Waals surface area contributed by atoms with E-state index in [-0.39, 0.29) is 18.2 Å². The molecule has 0 aromatic heterocycles. The van der Waals surface area contributed by atoms with Gasteiger partial charge < -0.3 is 15.6 Å². The van der Waals surface area contributed by atoms with Crippen LogP contribution >= 0.6 is 12.4 Å². The van der Waals surface area contributed by atoms with E-state index < -0.39 is 5.60 Å². The first-order chi connectivity index (χ1) is 8.61. The van der Waals surface area contributed by atoms with Gasteiger partial charge >= 0.3 is 0 Å². The zero-order chi connectivity index (χ0) is 13.0. The number of rotatable bonds is 4. The Kier molecular flexibility index (Phi) is 6.04. The summed E-state index contributed by atoms with van der Waals surface area (Å²) < 4.78 is 18.3. The largest absolute Gasteiger partial charge is 0.493 e. The molecule has 0 saturated heterocycles. The van der Waals surface area contributed by atoms with Gasteiger partial charge in [-0.15, -0.1) is 12.4 Å². The summed E-state index contributed by atoms with van der Waals surface area (Å²) in [7, 11) is 0. The van der Waals surface area contributed by atoms with Crippen LogP contribution in [0.5, 0.6) is 5.75 Å². The van der Waals surface area contributed by atoms with Crippen molar-refractivity contribution >= 4 is 12.4 Å². The van der Waals surface area contributed by atoms with E-state index in [1.54, 1.807) is 12.1 Å². The first-order valence-corrected chi connectivity index (χ1v) is 6.42. The van der Waals surface area contributed by atoms with Crippen molar-refractivity contribution in [3.05, 3.63) is 30.1 Å². The van der Waals surface area contributed by atoms with Crippen molar-refractivity contribution in [3.8, 4) is 5.75 Å². The third-order valence-corrected chi connectivity index (χ3v) is 3.72. The summed E-state index contributed by atoms with van der Waals surface area (Å²) in [6, 6.07) is 6.05. The van der Waals surface area contributed by atoms with E-state index in [0.29, 0.717) is 24.8 Å². The van der Waals surface area contributed by atoms with Gasteiger partial charge in [-0.1, -0.05) is 0 Å². The molecular weight excluding hydrogens is 269 g/mol. The zero-order valence-corrected chi connectivity index (χ0v) is 11.7. The molecule has 2 rings (SSSR count). The Labute approximate surface area is 119 Å². The molecule has 1 fully saturated rings. The van der Waals surface area contributed by atoms with Gasteiger partial charge in [0.15, 0.2) is 0 Å². The molecule has 0 unspecified atom stereocenters. The van der Waals surface area contributed by atoms with E-state index in [2.05, 4.69) is 0 Å². The standard InChI is InChI=1S/C14H20FNO2.ClH/c15-12-1-3-13(4-2-12)18-9-11-5-7-14(17,10-16)8-6-11;/h1-4,11,17H,5-10,16H2;1H. The molecule has 0 atom stereocenters. The fourth-order valence-corrected chi connectivity index (χ4v) is 2.33. The average Bonchev–Trinajstić information content (AvgIpc) is 2.40. The highest BCUT2D eigenvalue weighted by Crippen LogP contribution is 2.31. The first-order valence-electron chi connectivity index (χ1n) is 6.42. The minimum absolute atomic E-state index is 0. The number of aliphatic hydroxyl groups is 1. The number of hydrogen-bond acceptors (Lipinski definition) is 3. The van der Waals surface area contributed by atoms with Crippen molar-refractivity contribution in [2.24, 2.45) is 11.7 Å². The van der Waals surface area contributed by atoms with Crippen LogP contribution in [0, 0.1) is 11.7 Å². The molecule has 0 radical (unpaired) electrons. The van der Waals surface area contributed by atoms with E-state index in [4.69, 9.17) is 10.5 Å². The molecule has 1 aliphatic rings. The smallest absolute Gasteiger partial charge is 0.123 e. The third-order valence-electron chi connectivity index (χ3n) is 3.72. The maximum Gasteiger partial charge on any atom is 0.123 e.